The van der Waals surface area contributed by atoms with Crippen molar-refractivity contribution in [3.63, 3.8) is 0 Å². The lowest BCUT2D eigenvalue weighted by molar-refractivity contribution is 0.384. The third kappa shape index (κ3) is 4.01. The van der Waals surface area contributed by atoms with E-state index in [4.69, 9.17) is 0 Å². The summed E-state index contributed by atoms with van der Waals surface area (Å²) in [7, 11) is 3.81. The minimum atomic E-state index is 0.385. The van der Waals surface area contributed by atoms with Gasteiger partial charge in [-0.05, 0) is 6.42 Å². The van der Waals surface area contributed by atoms with Gasteiger partial charge in [0.2, 0.25) is 0 Å². The highest BCUT2D eigenvalue weighted by molar-refractivity contribution is 5.55. The lowest BCUT2D eigenvalue weighted by atomic mass is 10.2. The van der Waals surface area contributed by atoms with E-state index in [-0.39, 0.29) is 0 Å². The van der Waals surface area contributed by atoms with Crippen molar-refractivity contribution in [3.8, 4) is 0 Å². The summed E-state index contributed by atoms with van der Waals surface area (Å²) in [5.41, 5.74) is 0.770. The topological polar surface area (TPSA) is 35.8 Å². The molecule has 0 aromatic carbocycles. The van der Waals surface area contributed by atoms with Crippen molar-refractivity contribution in [2.45, 2.75) is 26.7 Å². The Labute approximate surface area is 74.4 Å². The molecular formula is C9H18N2O. The summed E-state index contributed by atoms with van der Waals surface area (Å²) in [5.74, 6) is 0.385. The van der Waals surface area contributed by atoms with Gasteiger partial charge >= 0.3 is 0 Å². The van der Waals surface area contributed by atoms with Gasteiger partial charge in [0.15, 0.2) is 0 Å². The standard InChI is InChI=1S/C9H18N2O/c1-5-8(9(12)6-2)10-7-11(3)4/h7,12H,5-6H2,1-4H3/b9-8+,10-7?. The van der Waals surface area contributed by atoms with Crippen molar-refractivity contribution in [2.24, 2.45) is 4.99 Å². The van der Waals surface area contributed by atoms with Gasteiger partial charge in [-0.15, -0.1) is 0 Å². The highest BCUT2D eigenvalue weighted by atomic mass is 16.3. The van der Waals surface area contributed by atoms with E-state index in [0.29, 0.717) is 12.2 Å². The van der Waals surface area contributed by atoms with Crippen molar-refractivity contribution in [1.82, 2.24) is 4.90 Å². The summed E-state index contributed by atoms with van der Waals surface area (Å²) in [6, 6.07) is 0. The first-order valence-corrected chi connectivity index (χ1v) is 4.23. The van der Waals surface area contributed by atoms with Crippen LogP contribution in [-0.2, 0) is 0 Å². The molecule has 0 aliphatic rings. The first-order chi connectivity index (χ1) is 5.61. The fourth-order valence-electron chi connectivity index (χ4n) is 0.759. The van der Waals surface area contributed by atoms with Gasteiger partial charge < -0.3 is 10.0 Å². The van der Waals surface area contributed by atoms with Gasteiger partial charge in [0, 0.05) is 20.5 Å². The van der Waals surface area contributed by atoms with Crippen LogP contribution in [-0.4, -0.2) is 30.4 Å². The van der Waals surface area contributed by atoms with Crippen LogP contribution in [0.5, 0.6) is 0 Å². The molecule has 0 aromatic heterocycles. The van der Waals surface area contributed by atoms with Crippen LogP contribution >= 0.6 is 0 Å². The monoisotopic (exact) mass is 170 g/mol. The molecule has 3 heteroatoms. The molecule has 0 saturated heterocycles. The molecule has 0 atom stereocenters. The summed E-state index contributed by atoms with van der Waals surface area (Å²) >= 11 is 0. The summed E-state index contributed by atoms with van der Waals surface area (Å²) < 4.78 is 0. The molecule has 0 heterocycles. The highest BCUT2D eigenvalue weighted by Crippen LogP contribution is 2.09. The molecule has 0 aliphatic carbocycles. The molecular weight excluding hydrogens is 152 g/mol. The van der Waals surface area contributed by atoms with Crippen LogP contribution in [0.2, 0.25) is 0 Å². The predicted molar refractivity (Wildman–Crippen MR) is 52.4 cm³/mol. The second-order valence-corrected chi connectivity index (χ2v) is 2.81. The Balaban J connectivity index is 4.36. The normalized spacial score (nSPS) is 13.3. The summed E-state index contributed by atoms with van der Waals surface area (Å²) in [6.07, 6.45) is 3.11. The van der Waals surface area contributed by atoms with Gasteiger partial charge in [-0.3, -0.25) is 0 Å². The van der Waals surface area contributed by atoms with Crippen LogP contribution in [0.3, 0.4) is 0 Å². The van der Waals surface area contributed by atoms with E-state index in [2.05, 4.69) is 4.99 Å². The number of aliphatic hydroxyl groups excluding tert-OH is 1. The smallest absolute Gasteiger partial charge is 0.113 e. The van der Waals surface area contributed by atoms with E-state index in [1.54, 1.807) is 6.34 Å². The number of rotatable bonds is 4. The van der Waals surface area contributed by atoms with E-state index >= 15 is 0 Å². The van der Waals surface area contributed by atoms with E-state index in [9.17, 15) is 5.11 Å². The highest BCUT2D eigenvalue weighted by Gasteiger charge is 1.97. The van der Waals surface area contributed by atoms with Crippen LogP contribution in [0, 0.1) is 0 Å². The van der Waals surface area contributed by atoms with Gasteiger partial charge in [-0.1, -0.05) is 13.8 Å². The summed E-state index contributed by atoms with van der Waals surface area (Å²) in [6.45, 7) is 3.89. The van der Waals surface area contributed by atoms with Crippen LogP contribution in [0.25, 0.3) is 0 Å². The molecule has 3 nitrogen and oxygen atoms in total. The van der Waals surface area contributed by atoms with Crippen LogP contribution < -0.4 is 0 Å². The van der Waals surface area contributed by atoms with Crippen molar-refractivity contribution in [2.75, 3.05) is 14.1 Å². The average Bonchev–Trinajstić information content (AvgIpc) is 2.04. The maximum Gasteiger partial charge on any atom is 0.113 e. The number of allylic oxidation sites excluding steroid dienone is 2. The van der Waals surface area contributed by atoms with Gasteiger partial charge in [-0.2, -0.15) is 0 Å². The average molecular weight is 170 g/mol. The van der Waals surface area contributed by atoms with Crippen molar-refractivity contribution in [3.05, 3.63) is 11.5 Å². The number of hydrogen-bond donors (Lipinski definition) is 1. The molecule has 0 rings (SSSR count). The molecule has 0 radical (unpaired) electrons. The van der Waals surface area contributed by atoms with Gasteiger partial charge in [0.1, 0.15) is 5.76 Å². The maximum atomic E-state index is 9.38. The molecule has 0 aromatic rings. The van der Waals surface area contributed by atoms with Crippen LogP contribution in [0.1, 0.15) is 26.7 Å². The number of aliphatic hydroxyl groups is 1. The van der Waals surface area contributed by atoms with Gasteiger partial charge in [0.05, 0.1) is 12.0 Å². The Kier molecular flexibility index (Phi) is 5.17. The minimum Gasteiger partial charge on any atom is -0.510 e. The minimum absolute atomic E-state index is 0.385. The molecule has 70 valence electrons. The fraction of sp³-hybridized carbons (Fsp3) is 0.667. The zero-order valence-corrected chi connectivity index (χ0v) is 8.33. The summed E-state index contributed by atoms with van der Waals surface area (Å²) in [5, 5.41) is 9.38. The lowest BCUT2D eigenvalue weighted by Crippen LogP contribution is -2.08. The third-order valence-corrected chi connectivity index (χ3v) is 1.45. The molecule has 0 aliphatic heterocycles. The molecule has 0 fully saturated rings. The van der Waals surface area contributed by atoms with Crippen molar-refractivity contribution < 1.29 is 5.11 Å². The number of nitrogens with zero attached hydrogens (tertiary/aromatic N) is 2. The van der Waals surface area contributed by atoms with Crippen LogP contribution in [0.15, 0.2) is 16.4 Å². The second kappa shape index (κ2) is 5.63. The molecule has 1 N–H and O–H groups in total. The third-order valence-electron chi connectivity index (χ3n) is 1.45. The van der Waals surface area contributed by atoms with E-state index < -0.39 is 0 Å². The van der Waals surface area contributed by atoms with Gasteiger partial charge in [-0.25, -0.2) is 4.99 Å². The zero-order chi connectivity index (χ0) is 9.56. The molecule has 0 spiro atoms. The Hall–Kier alpha value is -0.990. The second-order valence-electron chi connectivity index (χ2n) is 2.81. The molecule has 0 bridgehead atoms. The van der Waals surface area contributed by atoms with Crippen molar-refractivity contribution >= 4 is 6.34 Å². The molecule has 0 amide bonds. The van der Waals surface area contributed by atoms with E-state index in [0.717, 1.165) is 12.1 Å². The molecule has 0 unspecified atom stereocenters. The Morgan fingerprint density at radius 3 is 2.25 bits per heavy atom. The van der Waals surface area contributed by atoms with E-state index in [1.165, 1.54) is 0 Å². The first-order valence-electron chi connectivity index (χ1n) is 4.23. The van der Waals surface area contributed by atoms with Gasteiger partial charge in [0.25, 0.3) is 0 Å². The Morgan fingerprint density at radius 2 is 1.92 bits per heavy atom. The summed E-state index contributed by atoms with van der Waals surface area (Å²) in [4.78, 5) is 5.99. The Bertz CT molecular complexity index is 183. The quantitative estimate of drug-likeness (QED) is 0.399. The SMILES string of the molecule is CC/C(O)=C(/CC)N=CN(C)C. The maximum absolute atomic E-state index is 9.38. The Morgan fingerprint density at radius 1 is 1.33 bits per heavy atom. The van der Waals surface area contributed by atoms with E-state index in [1.807, 2.05) is 32.8 Å². The van der Waals surface area contributed by atoms with Crippen LogP contribution in [0.4, 0.5) is 0 Å². The molecule has 0 saturated carbocycles. The number of hydrogen-bond acceptors (Lipinski definition) is 2. The predicted octanol–water partition coefficient (Wildman–Crippen LogP) is 2.17. The zero-order valence-electron chi connectivity index (χ0n) is 8.33. The molecule has 12 heavy (non-hydrogen) atoms. The largest absolute Gasteiger partial charge is 0.510 e. The number of aliphatic imine (C=N–C) groups is 1. The fourth-order valence-corrected chi connectivity index (χ4v) is 0.759. The lowest BCUT2D eigenvalue weighted by Gasteiger charge is -2.05. The van der Waals surface area contributed by atoms with Crippen molar-refractivity contribution in [1.29, 1.82) is 0 Å². The first kappa shape index (κ1) is 11.0.